The third-order valence-electron chi connectivity index (χ3n) is 3.28. The molecule has 0 aromatic carbocycles. The monoisotopic (exact) mass is 243 g/mol. The van der Waals surface area contributed by atoms with E-state index in [1.165, 1.54) is 16.7 Å². The van der Waals surface area contributed by atoms with Gasteiger partial charge in [0.25, 0.3) is 0 Å². The van der Waals surface area contributed by atoms with Crippen LogP contribution in [0.15, 0.2) is 24.7 Å². The minimum atomic E-state index is 0.475. The van der Waals surface area contributed by atoms with E-state index in [9.17, 15) is 0 Å². The Labute approximate surface area is 109 Å². The highest BCUT2D eigenvalue weighted by Gasteiger charge is 2.17. The van der Waals surface area contributed by atoms with Gasteiger partial charge in [-0.2, -0.15) is 0 Å². The quantitative estimate of drug-likeness (QED) is 0.775. The molecule has 0 spiro atoms. The highest BCUT2D eigenvalue weighted by Crippen LogP contribution is 2.33. The Morgan fingerprint density at radius 3 is 2.56 bits per heavy atom. The maximum Gasteiger partial charge on any atom is 0.106 e. The molecule has 1 aliphatic heterocycles. The fourth-order valence-corrected chi connectivity index (χ4v) is 2.33. The topological polar surface area (TPSA) is 22.1 Å². The van der Waals surface area contributed by atoms with Gasteiger partial charge >= 0.3 is 0 Å². The third kappa shape index (κ3) is 2.47. The van der Waals surface area contributed by atoms with Crippen LogP contribution in [0.4, 0.5) is 0 Å². The van der Waals surface area contributed by atoms with Crippen molar-refractivity contribution in [3.8, 4) is 0 Å². The molecule has 0 fully saturated rings. The van der Waals surface area contributed by atoms with Crippen LogP contribution in [0.25, 0.3) is 11.6 Å². The zero-order valence-corrected chi connectivity index (χ0v) is 11.6. The Bertz CT molecular complexity index is 484. The number of ether oxygens (including phenoxy) is 1. The number of fused-ring (bicyclic) bond motifs is 1. The Morgan fingerprint density at radius 2 is 1.89 bits per heavy atom. The van der Waals surface area contributed by atoms with Gasteiger partial charge in [-0.15, -0.1) is 0 Å². The lowest BCUT2D eigenvalue weighted by atomic mass is 9.85. The SMILES string of the molecule is CC(C)/C1=C/CO/C=C\c2cncc(C(C)C)c21. The largest absolute Gasteiger partial charge is 0.497 e. The smallest absolute Gasteiger partial charge is 0.106 e. The van der Waals surface area contributed by atoms with Gasteiger partial charge in [0.15, 0.2) is 0 Å². The van der Waals surface area contributed by atoms with Gasteiger partial charge in [0.2, 0.25) is 0 Å². The van der Waals surface area contributed by atoms with Crippen molar-refractivity contribution in [2.24, 2.45) is 5.92 Å². The van der Waals surface area contributed by atoms with Crippen LogP contribution in [0.2, 0.25) is 0 Å². The number of hydrogen-bond acceptors (Lipinski definition) is 2. The van der Waals surface area contributed by atoms with Crippen LogP contribution in [0.3, 0.4) is 0 Å². The zero-order chi connectivity index (χ0) is 13.1. The summed E-state index contributed by atoms with van der Waals surface area (Å²) >= 11 is 0. The first-order chi connectivity index (χ1) is 8.61. The molecule has 0 saturated carbocycles. The Hall–Kier alpha value is -1.57. The van der Waals surface area contributed by atoms with Gasteiger partial charge in [0, 0.05) is 18.0 Å². The minimum Gasteiger partial charge on any atom is -0.497 e. The van der Waals surface area contributed by atoms with E-state index < -0.39 is 0 Å². The van der Waals surface area contributed by atoms with Gasteiger partial charge in [-0.1, -0.05) is 27.7 Å². The minimum absolute atomic E-state index is 0.475. The zero-order valence-electron chi connectivity index (χ0n) is 11.6. The van der Waals surface area contributed by atoms with Crippen LogP contribution in [0, 0.1) is 5.92 Å². The van der Waals surface area contributed by atoms with Gasteiger partial charge in [0.05, 0.1) is 6.26 Å². The number of hydrogen-bond donors (Lipinski definition) is 0. The lowest BCUT2D eigenvalue weighted by Crippen LogP contribution is -2.06. The molecule has 18 heavy (non-hydrogen) atoms. The van der Waals surface area contributed by atoms with Crippen LogP contribution in [-0.2, 0) is 4.74 Å². The van der Waals surface area contributed by atoms with Crippen molar-refractivity contribution in [3.05, 3.63) is 41.4 Å². The summed E-state index contributed by atoms with van der Waals surface area (Å²) in [6, 6.07) is 0. The molecule has 2 nitrogen and oxygen atoms in total. The molecule has 96 valence electrons. The summed E-state index contributed by atoms with van der Waals surface area (Å²) in [4.78, 5) is 4.35. The van der Waals surface area contributed by atoms with Crippen LogP contribution in [-0.4, -0.2) is 11.6 Å². The number of nitrogens with zero attached hydrogens (tertiary/aromatic N) is 1. The molecule has 0 radical (unpaired) electrons. The van der Waals surface area contributed by atoms with Crippen LogP contribution in [0.1, 0.15) is 50.3 Å². The summed E-state index contributed by atoms with van der Waals surface area (Å²) < 4.78 is 5.43. The summed E-state index contributed by atoms with van der Waals surface area (Å²) in [5.74, 6) is 0.960. The Balaban J connectivity index is 2.67. The average molecular weight is 243 g/mol. The van der Waals surface area contributed by atoms with Gasteiger partial charge < -0.3 is 4.74 Å². The lowest BCUT2D eigenvalue weighted by Gasteiger charge is -2.21. The molecule has 1 aromatic heterocycles. The second kappa shape index (κ2) is 5.38. The second-order valence-electron chi connectivity index (χ2n) is 5.30. The van der Waals surface area contributed by atoms with Gasteiger partial charge in [0.1, 0.15) is 6.61 Å². The van der Waals surface area contributed by atoms with Crippen LogP contribution < -0.4 is 0 Å². The number of aromatic nitrogens is 1. The Morgan fingerprint density at radius 1 is 1.11 bits per heavy atom. The van der Waals surface area contributed by atoms with Crippen molar-refractivity contribution < 1.29 is 4.74 Å². The second-order valence-corrected chi connectivity index (χ2v) is 5.30. The summed E-state index contributed by atoms with van der Waals surface area (Å²) in [7, 11) is 0. The van der Waals surface area contributed by atoms with E-state index in [1.807, 2.05) is 18.5 Å². The fourth-order valence-electron chi connectivity index (χ4n) is 2.33. The first-order valence-corrected chi connectivity index (χ1v) is 6.57. The summed E-state index contributed by atoms with van der Waals surface area (Å²) in [5, 5.41) is 0. The van der Waals surface area contributed by atoms with E-state index in [2.05, 4.69) is 38.8 Å². The van der Waals surface area contributed by atoms with Gasteiger partial charge in [-0.05, 0) is 40.7 Å². The molecule has 1 aliphatic rings. The molecular weight excluding hydrogens is 222 g/mol. The van der Waals surface area contributed by atoms with E-state index in [4.69, 9.17) is 4.74 Å². The highest BCUT2D eigenvalue weighted by atomic mass is 16.5. The molecule has 2 heteroatoms. The molecule has 1 aromatic rings. The molecule has 0 aliphatic carbocycles. The summed E-state index contributed by atoms with van der Waals surface area (Å²) in [6.07, 6.45) is 9.89. The average Bonchev–Trinajstić information content (AvgIpc) is 2.28. The molecule has 2 heterocycles. The number of rotatable bonds is 2. The normalized spacial score (nSPS) is 19.6. The van der Waals surface area contributed by atoms with E-state index in [-0.39, 0.29) is 0 Å². The van der Waals surface area contributed by atoms with Crippen molar-refractivity contribution in [2.75, 3.05) is 6.61 Å². The van der Waals surface area contributed by atoms with Crippen LogP contribution >= 0.6 is 0 Å². The highest BCUT2D eigenvalue weighted by molar-refractivity contribution is 5.77. The molecule has 0 unspecified atom stereocenters. The molecule has 0 atom stereocenters. The maximum atomic E-state index is 5.43. The van der Waals surface area contributed by atoms with Gasteiger partial charge in [-0.25, -0.2) is 0 Å². The standard InChI is InChI=1S/C16H21NO/c1-11(2)14-6-8-18-7-5-13-9-17-10-15(12(3)4)16(13)14/h5-7,9-12H,8H2,1-4H3/b7-5-,14-6-. The van der Waals surface area contributed by atoms with E-state index in [1.54, 1.807) is 6.26 Å². The number of pyridine rings is 1. The van der Waals surface area contributed by atoms with Gasteiger partial charge in [-0.3, -0.25) is 4.98 Å². The first-order valence-electron chi connectivity index (χ1n) is 6.57. The van der Waals surface area contributed by atoms with Crippen LogP contribution in [0.5, 0.6) is 0 Å². The first kappa shape index (κ1) is 12.9. The van der Waals surface area contributed by atoms with Crippen molar-refractivity contribution >= 4 is 11.6 Å². The maximum absolute atomic E-state index is 5.43. The summed E-state index contributed by atoms with van der Waals surface area (Å²) in [5.41, 5.74) is 5.18. The number of allylic oxidation sites excluding steroid dienone is 1. The molecule has 0 saturated heterocycles. The fraction of sp³-hybridized carbons (Fsp3) is 0.438. The molecule has 2 rings (SSSR count). The molecule has 0 amide bonds. The predicted molar refractivity (Wildman–Crippen MR) is 76.1 cm³/mol. The molecular formula is C16H21NO. The predicted octanol–water partition coefficient (Wildman–Crippen LogP) is 4.25. The summed E-state index contributed by atoms with van der Waals surface area (Å²) in [6.45, 7) is 9.53. The van der Waals surface area contributed by atoms with Crippen molar-refractivity contribution in [2.45, 2.75) is 33.6 Å². The van der Waals surface area contributed by atoms with Crippen molar-refractivity contribution in [3.63, 3.8) is 0 Å². The van der Waals surface area contributed by atoms with Crippen molar-refractivity contribution in [1.82, 2.24) is 4.98 Å². The Kier molecular flexibility index (Phi) is 3.85. The molecule has 0 N–H and O–H groups in total. The molecule has 0 bridgehead atoms. The van der Waals surface area contributed by atoms with E-state index in [0.717, 1.165) is 5.56 Å². The van der Waals surface area contributed by atoms with E-state index >= 15 is 0 Å². The third-order valence-corrected chi connectivity index (χ3v) is 3.28. The van der Waals surface area contributed by atoms with Crippen molar-refractivity contribution in [1.29, 1.82) is 0 Å². The lowest BCUT2D eigenvalue weighted by molar-refractivity contribution is 0.292. The van der Waals surface area contributed by atoms with E-state index in [0.29, 0.717) is 18.4 Å².